The first-order valence-corrected chi connectivity index (χ1v) is 8.00. The van der Waals surface area contributed by atoms with Crippen LogP contribution in [0, 0.1) is 5.92 Å². The van der Waals surface area contributed by atoms with E-state index in [0.717, 1.165) is 37.9 Å². The van der Waals surface area contributed by atoms with Gasteiger partial charge in [-0.1, -0.05) is 30.9 Å². The minimum Gasteiger partial charge on any atom is -0.375 e. The van der Waals surface area contributed by atoms with Gasteiger partial charge in [0.15, 0.2) is 5.78 Å². The number of rotatable bonds is 2. The Labute approximate surface area is 125 Å². The number of ether oxygens (including phenoxy) is 1. The van der Waals surface area contributed by atoms with Gasteiger partial charge in [0.1, 0.15) is 0 Å². The predicted octanol–water partition coefficient (Wildman–Crippen LogP) is 4.65. The van der Waals surface area contributed by atoms with E-state index in [2.05, 4.69) is 0 Å². The second-order valence-corrected chi connectivity index (χ2v) is 6.59. The molecule has 0 amide bonds. The molecule has 0 bridgehead atoms. The Morgan fingerprint density at radius 1 is 1.15 bits per heavy atom. The molecule has 2 nitrogen and oxygen atoms in total. The lowest BCUT2D eigenvalue weighted by Crippen LogP contribution is -2.43. The van der Waals surface area contributed by atoms with Crippen LogP contribution in [0.3, 0.4) is 0 Å². The van der Waals surface area contributed by atoms with Crippen LogP contribution in [0.1, 0.15) is 55.3 Å². The lowest BCUT2D eigenvalue weighted by Gasteiger charge is -2.43. The van der Waals surface area contributed by atoms with Gasteiger partial charge in [0.25, 0.3) is 0 Å². The van der Waals surface area contributed by atoms with E-state index in [1.165, 1.54) is 19.3 Å². The van der Waals surface area contributed by atoms with Gasteiger partial charge in [0.2, 0.25) is 0 Å². The number of halogens is 1. The molecule has 1 atom stereocenters. The minimum absolute atomic E-state index is 0.0107. The number of Topliss-reactive ketones (excluding diaryl/α,β-unsaturated/α-hetero) is 1. The molecule has 1 unspecified atom stereocenters. The molecule has 1 saturated heterocycles. The van der Waals surface area contributed by atoms with Crippen LogP contribution >= 0.6 is 11.6 Å². The molecule has 1 spiro atoms. The maximum Gasteiger partial charge on any atom is 0.166 e. The Balaban J connectivity index is 1.73. The van der Waals surface area contributed by atoms with E-state index in [4.69, 9.17) is 16.3 Å². The Morgan fingerprint density at radius 2 is 1.85 bits per heavy atom. The highest BCUT2D eigenvalue weighted by atomic mass is 35.5. The monoisotopic (exact) mass is 292 g/mol. The summed E-state index contributed by atoms with van der Waals surface area (Å²) < 4.78 is 6.07. The zero-order chi connectivity index (χ0) is 14.0. The Morgan fingerprint density at radius 3 is 2.55 bits per heavy atom. The van der Waals surface area contributed by atoms with Crippen molar-refractivity contribution in [2.45, 2.75) is 50.5 Å². The van der Waals surface area contributed by atoms with Crippen molar-refractivity contribution < 1.29 is 9.53 Å². The van der Waals surface area contributed by atoms with Gasteiger partial charge >= 0.3 is 0 Å². The third-order valence-electron chi connectivity index (χ3n) is 4.76. The summed E-state index contributed by atoms with van der Waals surface area (Å²) in [4.78, 5) is 12.6. The number of carbonyl (C=O) groups is 1. The lowest BCUT2D eigenvalue weighted by molar-refractivity contribution is -0.111. The molecule has 1 aliphatic carbocycles. The summed E-state index contributed by atoms with van der Waals surface area (Å²) in [5.41, 5.74) is 0.774. The van der Waals surface area contributed by atoms with Crippen LogP contribution in [0.4, 0.5) is 0 Å². The van der Waals surface area contributed by atoms with E-state index >= 15 is 0 Å². The van der Waals surface area contributed by atoms with E-state index in [-0.39, 0.29) is 17.3 Å². The van der Waals surface area contributed by atoms with Crippen LogP contribution in [0.5, 0.6) is 0 Å². The molecule has 1 aliphatic heterocycles. The highest BCUT2D eigenvalue weighted by Gasteiger charge is 2.40. The number of hydrogen-bond donors (Lipinski definition) is 0. The van der Waals surface area contributed by atoms with Crippen molar-refractivity contribution in [3.05, 3.63) is 34.9 Å². The standard InChI is InChI=1S/C17H21ClO2/c18-15-6-4-13(5-7-15)16(19)14-8-11-20-17(12-14)9-2-1-3-10-17/h4-7,14H,1-3,8-12H2. The molecule has 0 N–H and O–H groups in total. The highest BCUT2D eigenvalue weighted by Crippen LogP contribution is 2.41. The summed E-state index contributed by atoms with van der Waals surface area (Å²) >= 11 is 5.89. The molecular formula is C17H21ClO2. The smallest absolute Gasteiger partial charge is 0.166 e. The van der Waals surface area contributed by atoms with Crippen LogP contribution in [-0.4, -0.2) is 18.0 Å². The Bertz CT molecular complexity index is 469. The molecule has 108 valence electrons. The summed E-state index contributed by atoms with van der Waals surface area (Å²) in [5, 5.41) is 0.678. The van der Waals surface area contributed by atoms with Crippen molar-refractivity contribution in [1.82, 2.24) is 0 Å². The quantitative estimate of drug-likeness (QED) is 0.742. The van der Waals surface area contributed by atoms with E-state index in [1.807, 2.05) is 12.1 Å². The number of hydrogen-bond acceptors (Lipinski definition) is 2. The predicted molar refractivity (Wildman–Crippen MR) is 80.3 cm³/mol. The summed E-state index contributed by atoms with van der Waals surface area (Å²) in [6.07, 6.45) is 7.77. The number of benzene rings is 1. The van der Waals surface area contributed by atoms with Crippen LogP contribution in [0.25, 0.3) is 0 Å². The number of carbonyl (C=O) groups excluding carboxylic acids is 1. The summed E-state index contributed by atoms with van der Waals surface area (Å²) in [6, 6.07) is 7.27. The molecule has 1 aromatic rings. The molecule has 3 heteroatoms. The first-order valence-electron chi connectivity index (χ1n) is 7.62. The van der Waals surface area contributed by atoms with Gasteiger partial charge in [-0.3, -0.25) is 4.79 Å². The maximum absolute atomic E-state index is 12.6. The topological polar surface area (TPSA) is 26.3 Å². The minimum atomic E-state index is -0.0107. The van der Waals surface area contributed by atoms with E-state index in [9.17, 15) is 4.79 Å². The van der Waals surface area contributed by atoms with E-state index in [0.29, 0.717) is 5.02 Å². The molecular weight excluding hydrogens is 272 g/mol. The molecule has 1 saturated carbocycles. The van der Waals surface area contributed by atoms with Gasteiger partial charge < -0.3 is 4.74 Å². The zero-order valence-electron chi connectivity index (χ0n) is 11.7. The van der Waals surface area contributed by atoms with Gasteiger partial charge in [0.05, 0.1) is 5.60 Å². The van der Waals surface area contributed by atoms with E-state index in [1.54, 1.807) is 12.1 Å². The average Bonchev–Trinajstić information content (AvgIpc) is 2.48. The molecule has 2 fully saturated rings. The third kappa shape index (κ3) is 2.91. The van der Waals surface area contributed by atoms with Crippen molar-refractivity contribution in [3.63, 3.8) is 0 Å². The molecule has 20 heavy (non-hydrogen) atoms. The fourth-order valence-corrected chi connectivity index (χ4v) is 3.77. The normalized spacial score (nSPS) is 25.6. The molecule has 3 rings (SSSR count). The summed E-state index contributed by atoms with van der Waals surface area (Å²) in [7, 11) is 0. The fraction of sp³-hybridized carbons (Fsp3) is 0.588. The first kappa shape index (κ1) is 14.1. The molecule has 0 aromatic heterocycles. The van der Waals surface area contributed by atoms with Gasteiger partial charge in [-0.05, 0) is 49.9 Å². The fourth-order valence-electron chi connectivity index (χ4n) is 3.65. The van der Waals surface area contributed by atoms with Crippen molar-refractivity contribution in [1.29, 1.82) is 0 Å². The number of ketones is 1. The lowest BCUT2D eigenvalue weighted by atomic mass is 9.74. The second-order valence-electron chi connectivity index (χ2n) is 6.15. The summed E-state index contributed by atoms with van der Waals surface area (Å²) in [6.45, 7) is 0.726. The molecule has 2 aliphatic rings. The van der Waals surface area contributed by atoms with Gasteiger partial charge in [-0.2, -0.15) is 0 Å². The van der Waals surface area contributed by atoms with Crippen LogP contribution < -0.4 is 0 Å². The Hall–Kier alpha value is -0.860. The largest absolute Gasteiger partial charge is 0.375 e. The zero-order valence-corrected chi connectivity index (χ0v) is 12.5. The van der Waals surface area contributed by atoms with Crippen molar-refractivity contribution in [2.75, 3.05) is 6.61 Å². The summed E-state index contributed by atoms with van der Waals surface area (Å²) in [5.74, 6) is 0.373. The highest BCUT2D eigenvalue weighted by molar-refractivity contribution is 6.30. The van der Waals surface area contributed by atoms with Crippen molar-refractivity contribution in [3.8, 4) is 0 Å². The van der Waals surface area contributed by atoms with Crippen LogP contribution in [0.2, 0.25) is 5.02 Å². The second kappa shape index (κ2) is 5.87. The van der Waals surface area contributed by atoms with Gasteiger partial charge in [-0.15, -0.1) is 0 Å². The van der Waals surface area contributed by atoms with Gasteiger partial charge in [0, 0.05) is 23.1 Å². The average molecular weight is 293 g/mol. The van der Waals surface area contributed by atoms with Crippen molar-refractivity contribution >= 4 is 17.4 Å². The van der Waals surface area contributed by atoms with Crippen molar-refractivity contribution in [2.24, 2.45) is 5.92 Å². The van der Waals surface area contributed by atoms with Crippen LogP contribution in [-0.2, 0) is 4.74 Å². The molecule has 1 aromatic carbocycles. The van der Waals surface area contributed by atoms with Gasteiger partial charge in [-0.25, -0.2) is 0 Å². The first-order chi connectivity index (χ1) is 9.69. The maximum atomic E-state index is 12.6. The molecule has 1 heterocycles. The third-order valence-corrected chi connectivity index (χ3v) is 5.01. The Kier molecular flexibility index (Phi) is 4.13. The SMILES string of the molecule is O=C(c1ccc(Cl)cc1)C1CCOC2(CCCCC2)C1. The van der Waals surface area contributed by atoms with E-state index < -0.39 is 0 Å². The molecule has 0 radical (unpaired) electrons. The van der Waals surface area contributed by atoms with Crippen LogP contribution in [0.15, 0.2) is 24.3 Å².